The van der Waals surface area contributed by atoms with Crippen LogP contribution < -0.4 is 0 Å². The Morgan fingerprint density at radius 1 is 1.30 bits per heavy atom. The van der Waals surface area contributed by atoms with E-state index in [0.717, 1.165) is 40.5 Å². The number of furan rings is 1. The smallest absolute Gasteiger partial charge is 0.305 e. The lowest BCUT2D eigenvalue weighted by atomic mass is 10.0. The number of carboxylic acid groups (broad SMARTS) is 1. The number of carbonyl (C=O) groups is 2. The van der Waals surface area contributed by atoms with Crippen LogP contribution in [0, 0.1) is 13.8 Å². The van der Waals surface area contributed by atoms with Gasteiger partial charge in [-0.1, -0.05) is 0 Å². The fraction of sp³-hybridized carbons (Fsp3) is 0.444. The van der Waals surface area contributed by atoms with E-state index in [1.807, 2.05) is 19.9 Å². The number of amides is 1. The van der Waals surface area contributed by atoms with Crippen molar-refractivity contribution in [1.29, 1.82) is 0 Å². The van der Waals surface area contributed by atoms with Crippen LogP contribution >= 0.6 is 0 Å². The summed E-state index contributed by atoms with van der Waals surface area (Å²) in [7, 11) is 0. The number of aryl methyl sites for hydroxylation is 2. The number of aliphatic carboxylic acids is 1. The second-order valence-electron chi connectivity index (χ2n) is 6.35. The Hall–Kier alpha value is -2.30. The van der Waals surface area contributed by atoms with E-state index in [1.54, 1.807) is 11.2 Å². The van der Waals surface area contributed by atoms with Gasteiger partial charge in [0.05, 0.1) is 19.1 Å². The van der Waals surface area contributed by atoms with E-state index in [9.17, 15) is 9.59 Å². The monoisotopic (exact) mass is 315 g/mol. The minimum absolute atomic E-state index is 0.0188. The first-order valence-electron chi connectivity index (χ1n) is 7.94. The third-order valence-corrected chi connectivity index (χ3v) is 4.72. The van der Waals surface area contributed by atoms with Gasteiger partial charge in [-0.2, -0.15) is 0 Å². The molecule has 0 aliphatic carbocycles. The zero-order chi connectivity index (χ0) is 16.6. The van der Waals surface area contributed by atoms with Crippen molar-refractivity contribution in [3.05, 3.63) is 35.1 Å². The van der Waals surface area contributed by atoms with Crippen LogP contribution in [0.15, 0.2) is 22.8 Å². The molecule has 3 rings (SSSR count). The van der Waals surface area contributed by atoms with Crippen LogP contribution in [0.25, 0.3) is 11.0 Å². The van der Waals surface area contributed by atoms with E-state index >= 15 is 0 Å². The summed E-state index contributed by atoms with van der Waals surface area (Å²) in [5.41, 5.74) is 3.98. The van der Waals surface area contributed by atoms with E-state index in [2.05, 4.69) is 6.07 Å². The molecule has 0 bridgehead atoms. The van der Waals surface area contributed by atoms with E-state index in [4.69, 9.17) is 9.52 Å². The molecule has 122 valence electrons. The van der Waals surface area contributed by atoms with Crippen molar-refractivity contribution in [1.82, 2.24) is 4.90 Å². The molecule has 5 heteroatoms. The van der Waals surface area contributed by atoms with E-state index in [0.29, 0.717) is 6.54 Å². The van der Waals surface area contributed by atoms with Gasteiger partial charge in [0.2, 0.25) is 5.91 Å². The first-order chi connectivity index (χ1) is 11.0. The average molecular weight is 315 g/mol. The lowest BCUT2D eigenvalue weighted by Crippen LogP contribution is -2.37. The highest BCUT2D eigenvalue weighted by Gasteiger charge is 2.30. The minimum Gasteiger partial charge on any atom is -0.481 e. The van der Waals surface area contributed by atoms with Crippen LogP contribution in [0.4, 0.5) is 0 Å². The molecule has 23 heavy (non-hydrogen) atoms. The van der Waals surface area contributed by atoms with Crippen molar-refractivity contribution in [3.8, 4) is 0 Å². The Morgan fingerprint density at radius 3 is 2.78 bits per heavy atom. The van der Waals surface area contributed by atoms with Crippen molar-refractivity contribution >= 4 is 22.8 Å². The highest BCUT2D eigenvalue weighted by Crippen LogP contribution is 2.27. The zero-order valence-corrected chi connectivity index (χ0v) is 13.5. The number of hydrogen-bond acceptors (Lipinski definition) is 3. The van der Waals surface area contributed by atoms with Crippen LogP contribution in [-0.4, -0.2) is 34.5 Å². The van der Waals surface area contributed by atoms with Gasteiger partial charge in [0.1, 0.15) is 5.58 Å². The summed E-state index contributed by atoms with van der Waals surface area (Å²) in [6, 6.07) is 3.86. The van der Waals surface area contributed by atoms with Gasteiger partial charge in [-0.15, -0.1) is 0 Å². The summed E-state index contributed by atoms with van der Waals surface area (Å²) >= 11 is 0. The van der Waals surface area contributed by atoms with Crippen molar-refractivity contribution in [3.63, 3.8) is 0 Å². The zero-order valence-electron chi connectivity index (χ0n) is 13.5. The molecule has 1 amide bonds. The molecule has 1 aromatic heterocycles. The second kappa shape index (κ2) is 6.07. The Labute approximate surface area is 134 Å². The fourth-order valence-corrected chi connectivity index (χ4v) is 3.32. The number of benzene rings is 1. The molecule has 1 atom stereocenters. The number of carbonyl (C=O) groups excluding carboxylic acids is 1. The van der Waals surface area contributed by atoms with Gasteiger partial charge in [0.25, 0.3) is 0 Å². The maximum atomic E-state index is 12.6. The lowest BCUT2D eigenvalue weighted by Gasteiger charge is -2.23. The van der Waals surface area contributed by atoms with E-state index in [1.165, 1.54) is 0 Å². The number of likely N-dealkylation sites (tertiary alicyclic amines) is 1. The first-order valence-corrected chi connectivity index (χ1v) is 7.94. The molecule has 1 aliphatic rings. The molecule has 1 fully saturated rings. The average Bonchev–Trinajstić information content (AvgIpc) is 3.07. The molecule has 1 unspecified atom stereocenters. The number of fused-ring (bicyclic) bond motifs is 1. The van der Waals surface area contributed by atoms with Gasteiger partial charge in [-0.3, -0.25) is 9.59 Å². The highest BCUT2D eigenvalue weighted by molar-refractivity contribution is 5.89. The number of rotatable bonds is 4. The summed E-state index contributed by atoms with van der Waals surface area (Å²) in [5, 5.41) is 9.94. The Bertz CT molecular complexity index is 762. The van der Waals surface area contributed by atoms with Crippen molar-refractivity contribution < 1.29 is 19.1 Å². The SMILES string of the molecule is Cc1cc2occ(CC(=O)N3CCCC3CC(=O)O)c2cc1C. The summed E-state index contributed by atoms with van der Waals surface area (Å²) in [4.78, 5) is 25.2. The van der Waals surface area contributed by atoms with Gasteiger partial charge in [0.15, 0.2) is 0 Å². The number of hydrogen-bond donors (Lipinski definition) is 1. The van der Waals surface area contributed by atoms with Crippen molar-refractivity contribution in [2.75, 3.05) is 6.54 Å². The normalized spacial score (nSPS) is 17.8. The first kappa shape index (κ1) is 15.6. The topological polar surface area (TPSA) is 70.8 Å². The van der Waals surface area contributed by atoms with Crippen LogP contribution in [0.5, 0.6) is 0 Å². The number of nitrogens with zero attached hydrogens (tertiary/aromatic N) is 1. The van der Waals surface area contributed by atoms with Gasteiger partial charge in [0, 0.05) is 23.5 Å². The maximum Gasteiger partial charge on any atom is 0.305 e. The molecular weight excluding hydrogens is 294 g/mol. The second-order valence-corrected chi connectivity index (χ2v) is 6.35. The van der Waals surface area contributed by atoms with Crippen LogP contribution in [0.3, 0.4) is 0 Å². The third kappa shape index (κ3) is 3.09. The number of carboxylic acids is 1. The molecule has 1 N–H and O–H groups in total. The predicted octanol–water partition coefficient (Wildman–Crippen LogP) is 3.06. The van der Waals surface area contributed by atoms with E-state index < -0.39 is 5.97 Å². The molecule has 1 saturated heterocycles. The maximum absolute atomic E-state index is 12.6. The van der Waals surface area contributed by atoms with Crippen LogP contribution in [0.2, 0.25) is 0 Å². The van der Waals surface area contributed by atoms with Crippen molar-refractivity contribution in [2.24, 2.45) is 0 Å². The summed E-state index contributed by atoms with van der Waals surface area (Å²) in [6.45, 7) is 4.71. The standard InChI is InChI=1S/C18H21NO4/c1-11-6-15-13(10-23-16(15)7-12(11)2)8-17(20)19-5-3-4-14(19)9-18(21)22/h6-7,10,14H,3-5,8-9H2,1-2H3,(H,21,22). The summed E-state index contributed by atoms with van der Waals surface area (Å²) in [6.07, 6.45) is 3.56. The lowest BCUT2D eigenvalue weighted by molar-refractivity contribution is -0.139. The predicted molar refractivity (Wildman–Crippen MR) is 86.4 cm³/mol. The quantitative estimate of drug-likeness (QED) is 0.941. The fourth-order valence-electron chi connectivity index (χ4n) is 3.32. The molecule has 2 aromatic rings. The molecule has 2 heterocycles. The van der Waals surface area contributed by atoms with Gasteiger partial charge < -0.3 is 14.4 Å². The molecule has 0 spiro atoms. The molecule has 0 radical (unpaired) electrons. The molecule has 0 saturated carbocycles. The third-order valence-electron chi connectivity index (χ3n) is 4.72. The molecular formula is C18H21NO4. The summed E-state index contributed by atoms with van der Waals surface area (Å²) < 4.78 is 5.57. The molecule has 1 aromatic carbocycles. The van der Waals surface area contributed by atoms with E-state index in [-0.39, 0.29) is 24.8 Å². The molecule has 1 aliphatic heterocycles. The Morgan fingerprint density at radius 2 is 2.04 bits per heavy atom. The van der Waals surface area contributed by atoms with Crippen LogP contribution in [0.1, 0.15) is 36.0 Å². The highest BCUT2D eigenvalue weighted by atomic mass is 16.4. The van der Waals surface area contributed by atoms with Gasteiger partial charge in [-0.25, -0.2) is 0 Å². The van der Waals surface area contributed by atoms with Crippen molar-refractivity contribution in [2.45, 2.75) is 45.6 Å². The minimum atomic E-state index is -0.852. The Kier molecular flexibility index (Phi) is 4.11. The van der Waals surface area contributed by atoms with Gasteiger partial charge in [-0.05, 0) is 49.9 Å². The Balaban J connectivity index is 1.80. The molecule has 5 nitrogen and oxygen atoms in total. The van der Waals surface area contributed by atoms with Gasteiger partial charge >= 0.3 is 5.97 Å². The largest absolute Gasteiger partial charge is 0.481 e. The van der Waals surface area contributed by atoms with Crippen LogP contribution in [-0.2, 0) is 16.0 Å². The summed E-state index contributed by atoms with van der Waals surface area (Å²) in [5.74, 6) is -0.871.